The van der Waals surface area contributed by atoms with Crippen LogP contribution in [0.1, 0.15) is 17.4 Å². The zero-order valence-electron chi connectivity index (χ0n) is 11.7. The van der Waals surface area contributed by atoms with Crippen LogP contribution < -0.4 is 9.86 Å². The van der Waals surface area contributed by atoms with Gasteiger partial charge in [0.15, 0.2) is 6.23 Å². The minimum absolute atomic E-state index is 0.0975. The van der Waals surface area contributed by atoms with E-state index in [4.69, 9.17) is 6.42 Å². The summed E-state index contributed by atoms with van der Waals surface area (Å²) in [6, 6.07) is 9.11. The molecular weight excluding hydrogens is 304 g/mol. The molecule has 7 heteroatoms. The van der Waals surface area contributed by atoms with E-state index in [1.807, 2.05) is 0 Å². The Labute approximate surface area is 128 Å². The molecule has 2 rings (SSSR count). The molecule has 0 radical (unpaired) electrons. The molecule has 0 aliphatic heterocycles. The lowest BCUT2D eigenvalue weighted by molar-refractivity contribution is 0.188. The number of terminal acetylenes is 1. The number of aromatic nitrogens is 1. The van der Waals surface area contributed by atoms with Gasteiger partial charge >= 0.3 is 0 Å². The van der Waals surface area contributed by atoms with Gasteiger partial charge in [0.05, 0.1) is 17.5 Å². The predicted octanol–water partition coefficient (Wildman–Crippen LogP) is 0.813. The standard InChI is InChI=1S/C15H14N2O4S/c1-3-11-7-4-5-9-13(11)17(22(2,20)21)15(19)12-8-6-10-16-14(12)18/h1,4-10,15,19H,2H3,(H,16,18). The summed E-state index contributed by atoms with van der Waals surface area (Å²) in [5, 5.41) is 10.4. The van der Waals surface area contributed by atoms with E-state index in [2.05, 4.69) is 10.9 Å². The van der Waals surface area contributed by atoms with Crippen LogP contribution >= 0.6 is 0 Å². The highest BCUT2D eigenvalue weighted by Crippen LogP contribution is 2.29. The molecule has 6 nitrogen and oxygen atoms in total. The number of benzene rings is 1. The molecule has 22 heavy (non-hydrogen) atoms. The van der Waals surface area contributed by atoms with Gasteiger partial charge in [0.2, 0.25) is 10.0 Å². The first kappa shape index (κ1) is 15.8. The summed E-state index contributed by atoms with van der Waals surface area (Å²) in [6.07, 6.45) is 6.01. The number of anilines is 1. The van der Waals surface area contributed by atoms with Crippen LogP contribution in [0.4, 0.5) is 5.69 Å². The van der Waals surface area contributed by atoms with Crippen molar-refractivity contribution in [3.8, 4) is 12.3 Å². The third-order valence-corrected chi connectivity index (χ3v) is 4.11. The van der Waals surface area contributed by atoms with Crippen LogP contribution in [0.3, 0.4) is 0 Å². The first-order valence-electron chi connectivity index (χ1n) is 6.27. The van der Waals surface area contributed by atoms with Gasteiger partial charge in [-0.15, -0.1) is 6.42 Å². The van der Waals surface area contributed by atoms with E-state index in [9.17, 15) is 18.3 Å². The van der Waals surface area contributed by atoms with Crippen molar-refractivity contribution in [2.45, 2.75) is 6.23 Å². The summed E-state index contributed by atoms with van der Waals surface area (Å²) in [4.78, 5) is 14.2. The summed E-state index contributed by atoms with van der Waals surface area (Å²) < 4.78 is 25.0. The number of rotatable bonds is 4. The zero-order valence-corrected chi connectivity index (χ0v) is 12.5. The number of aromatic amines is 1. The van der Waals surface area contributed by atoms with E-state index in [1.165, 1.54) is 24.4 Å². The summed E-state index contributed by atoms with van der Waals surface area (Å²) >= 11 is 0. The third kappa shape index (κ3) is 3.03. The molecule has 0 saturated heterocycles. The normalized spacial score (nSPS) is 12.4. The van der Waals surface area contributed by atoms with Gasteiger partial charge in [0.25, 0.3) is 5.56 Å². The average Bonchev–Trinajstić information content (AvgIpc) is 2.47. The Morgan fingerprint density at radius 3 is 2.55 bits per heavy atom. The second kappa shape index (κ2) is 6.05. The molecule has 0 bridgehead atoms. The molecule has 114 valence electrons. The predicted molar refractivity (Wildman–Crippen MR) is 83.7 cm³/mol. The molecule has 0 spiro atoms. The average molecular weight is 318 g/mol. The third-order valence-electron chi connectivity index (χ3n) is 3.00. The topological polar surface area (TPSA) is 90.5 Å². The van der Waals surface area contributed by atoms with E-state index in [1.54, 1.807) is 18.2 Å². The lowest BCUT2D eigenvalue weighted by atomic mass is 10.1. The molecule has 1 aromatic heterocycles. The number of aliphatic hydroxyl groups excluding tert-OH is 1. The molecule has 0 fully saturated rings. The van der Waals surface area contributed by atoms with Crippen LogP contribution in [0.2, 0.25) is 0 Å². The number of hydrogen-bond acceptors (Lipinski definition) is 4. The second-order valence-electron chi connectivity index (χ2n) is 4.55. The molecule has 2 aromatic rings. The van der Waals surface area contributed by atoms with Gasteiger partial charge in [0.1, 0.15) is 0 Å². The second-order valence-corrected chi connectivity index (χ2v) is 6.41. The number of nitrogens with zero attached hydrogens (tertiary/aromatic N) is 1. The molecule has 0 aliphatic carbocycles. The van der Waals surface area contributed by atoms with Crippen LogP contribution in [0.5, 0.6) is 0 Å². The van der Waals surface area contributed by atoms with Gasteiger partial charge in [-0.05, 0) is 24.3 Å². The van der Waals surface area contributed by atoms with Crippen molar-refractivity contribution in [3.05, 3.63) is 64.1 Å². The first-order valence-corrected chi connectivity index (χ1v) is 8.12. The number of nitrogens with one attached hydrogen (secondary N) is 1. The van der Waals surface area contributed by atoms with Crippen LogP contribution in [0.15, 0.2) is 47.4 Å². The molecular formula is C15H14N2O4S. The van der Waals surface area contributed by atoms with Gasteiger partial charge in [0, 0.05) is 11.8 Å². The Morgan fingerprint density at radius 2 is 1.95 bits per heavy atom. The SMILES string of the molecule is C#Cc1ccccc1N(C(O)c1ccc[nH]c1=O)S(C)(=O)=O. The van der Waals surface area contributed by atoms with Crippen molar-refractivity contribution in [2.24, 2.45) is 0 Å². The fourth-order valence-electron chi connectivity index (χ4n) is 2.04. The smallest absolute Gasteiger partial charge is 0.255 e. The van der Waals surface area contributed by atoms with E-state index in [0.29, 0.717) is 5.56 Å². The van der Waals surface area contributed by atoms with Crippen LogP contribution in [0.25, 0.3) is 0 Å². The monoisotopic (exact) mass is 318 g/mol. The molecule has 1 heterocycles. The van der Waals surface area contributed by atoms with Crippen molar-refractivity contribution in [3.63, 3.8) is 0 Å². The molecule has 1 atom stereocenters. The fraction of sp³-hybridized carbons (Fsp3) is 0.133. The van der Waals surface area contributed by atoms with E-state index < -0.39 is 21.8 Å². The number of hydrogen-bond donors (Lipinski definition) is 2. The van der Waals surface area contributed by atoms with Crippen molar-refractivity contribution in [1.82, 2.24) is 4.98 Å². The Hall–Kier alpha value is -2.56. The van der Waals surface area contributed by atoms with Crippen LogP contribution in [-0.2, 0) is 10.0 Å². The fourth-order valence-corrected chi connectivity index (χ4v) is 3.04. The minimum atomic E-state index is -3.88. The van der Waals surface area contributed by atoms with E-state index in [0.717, 1.165) is 10.6 Å². The van der Waals surface area contributed by atoms with Gasteiger partial charge in [-0.3, -0.25) is 4.79 Å². The highest BCUT2D eigenvalue weighted by Gasteiger charge is 2.29. The molecule has 1 unspecified atom stereocenters. The number of para-hydroxylation sites is 1. The summed E-state index contributed by atoms with van der Waals surface area (Å²) in [6.45, 7) is 0. The molecule has 0 saturated carbocycles. The molecule has 1 aromatic carbocycles. The van der Waals surface area contributed by atoms with Gasteiger partial charge in [-0.1, -0.05) is 18.1 Å². The Kier molecular flexibility index (Phi) is 4.35. The van der Waals surface area contributed by atoms with Crippen molar-refractivity contribution >= 4 is 15.7 Å². The molecule has 0 aliphatic rings. The number of aliphatic hydroxyl groups is 1. The summed E-state index contributed by atoms with van der Waals surface area (Å²) in [7, 11) is -3.88. The highest BCUT2D eigenvalue weighted by molar-refractivity contribution is 7.92. The number of H-pyrrole nitrogens is 1. The lowest BCUT2D eigenvalue weighted by Gasteiger charge is -2.28. The maximum atomic E-state index is 12.1. The maximum Gasteiger partial charge on any atom is 0.255 e. The first-order chi connectivity index (χ1) is 10.4. The van der Waals surface area contributed by atoms with Crippen LogP contribution in [-0.4, -0.2) is 24.8 Å². The molecule has 2 N–H and O–H groups in total. The largest absolute Gasteiger partial charge is 0.368 e. The minimum Gasteiger partial charge on any atom is -0.368 e. The maximum absolute atomic E-state index is 12.1. The quantitative estimate of drug-likeness (QED) is 0.645. The van der Waals surface area contributed by atoms with E-state index >= 15 is 0 Å². The van der Waals surface area contributed by atoms with Crippen molar-refractivity contribution in [1.29, 1.82) is 0 Å². The van der Waals surface area contributed by atoms with Crippen LogP contribution in [0, 0.1) is 12.3 Å². The zero-order chi connectivity index (χ0) is 16.3. The Bertz CT molecular complexity index is 881. The molecule has 0 amide bonds. The number of pyridine rings is 1. The lowest BCUT2D eigenvalue weighted by Crippen LogP contribution is -2.37. The Balaban J connectivity index is 2.66. The van der Waals surface area contributed by atoms with Gasteiger partial charge in [-0.25, -0.2) is 12.7 Å². The summed E-state index contributed by atoms with van der Waals surface area (Å²) in [5.41, 5.74) is -0.260. The Morgan fingerprint density at radius 1 is 1.27 bits per heavy atom. The van der Waals surface area contributed by atoms with Gasteiger partial charge < -0.3 is 10.1 Å². The van der Waals surface area contributed by atoms with E-state index in [-0.39, 0.29) is 11.3 Å². The van der Waals surface area contributed by atoms with Gasteiger partial charge in [-0.2, -0.15) is 0 Å². The number of sulfonamides is 1. The van der Waals surface area contributed by atoms with Crippen molar-refractivity contribution in [2.75, 3.05) is 10.6 Å². The summed E-state index contributed by atoms with van der Waals surface area (Å²) in [5.74, 6) is 2.37. The van der Waals surface area contributed by atoms with Crippen molar-refractivity contribution < 1.29 is 13.5 Å². The highest BCUT2D eigenvalue weighted by atomic mass is 32.2.